The molecule has 0 radical (unpaired) electrons. The summed E-state index contributed by atoms with van der Waals surface area (Å²) in [5.74, 6) is 1.22. The highest BCUT2D eigenvalue weighted by atomic mass is 32.2. The number of benzene rings is 2. The minimum atomic E-state index is -3.73. The highest BCUT2D eigenvalue weighted by Gasteiger charge is 2.35. The monoisotopic (exact) mass is 448 g/mol. The highest BCUT2D eigenvalue weighted by molar-refractivity contribution is 7.92. The van der Waals surface area contributed by atoms with Crippen molar-refractivity contribution >= 4 is 21.6 Å². The van der Waals surface area contributed by atoms with Gasteiger partial charge in [0.2, 0.25) is 15.9 Å². The molecule has 1 N–H and O–H groups in total. The van der Waals surface area contributed by atoms with Crippen LogP contribution < -0.4 is 23.8 Å². The van der Waals surface area contributed by atoms with Crippen LogP contribution >= 0.6 is 0 Å². The fourth-order valence-electron chi connectivity index (χ4n) is 3.67. The zero-order valence-electron chi connectivity index (χ0n) is 18.3. The van der Waals surface area contributed by atoms with E-state index in [2.05, 4.69) is 5.32 Å². The third-order valence-electron chi connectivity index (χ3n) is 5.05. The summed E-state index contributed by atoms with van der Waals surface area (Å²) >= 11 is 0. The van der Waals surface area contributed by atoms with Gasteiger partial charge < -0.3 is 19.5 Å². The van der Waals surface area contributed by atoms with Crippen LogP contribution in [0.15, 0.2) is 42.5 Å². The summed E-state index contributed by atoms with van der Waals surface area (Å²) < 4.78 is 42.6. The topological polar surface area (TPSA) is 94.2 Å². The first-order valence-corrected chi connectivity index (χ1v) is 11.7. The van der Waals surface area contributed by atoms with E-state index in [1.165, 1.54) is 7.11 Å². The van der Waals surface area contributed by atoms with Crippen LogP contribution in [0.25, 0.3) is 0 Å². The molecule has 0 aromatic heterocycles. The second-order valence-electron chi connectivity index (χ2n) is 8.03. The standard InChI is InChI=1S/C22H28N2O6S/c1-22(2)13-17(16-11-10-15(28-3)12-20(16)30-22)23-21(25)14-24(31(5,26)27)18-8-6-7-9-19(18)29-4/h6-12,17H,13-14H2,1-5H3,(H,23,25)/t17-/m1/s1. The van der Waals surface area contributed by atoms with Crippen LogP contribution in [0.2, 0.25) is 0 Å². The Morgan fingerprint density at radius 3 is 2.55 bits per heavy atom. The smallest absolute Gasteiger partial charge is 0.241 e. The molecule has 1 aliphatic heterocycles. The number of hydrogen-bond acceptors (Lipinski definition) is 6. The number of nitrogens with one attached hydrogen (secondary N) is 1. The maximum atomic E-state index is 13.0. The maximum absolute atomic E-state index is 13.0. The molecule has 2 aromatic rings. The highest BCUT2D eigenvalue weighted by Crippen LogP contribution is 2.41. The predicted molar refractivity (Wildman–Crippen MR) is 118 cm³/mol. The third kappa shape index (κ3) is 5.22. The quantitative estimate of drug-likeness (QED) is 0.700. The van der Waals surface area contributed by atoms with Gasteiger partial charge >= 0.3 is 0 Å². The number of sulfonamides is 1. The Balaban J connectivity index is 1.86. The number of amides is 1. The van der Waals surface area contributed by atoms with Crippen molar-refractivity contribution in [2.45, 2.75) is 31.9 Å². The lowest BCUT2D eigenvalue weighted by atomic mass is 9.89. The van der Waals surface area contributed by atoms with Gasteiger partial charge in [-0.2, -0.15) is 0 Å². The van der Waals surface area contributed by atoms with E-state index in [1.54, 1.807) is 43.5 Å². The maximum Gasteiger partial charge on any atom is 0.241 e. The first-order chi connectivity index (χ1) is 14.5. The number of methoxy groups -OCH3 is 2. The van der Waals surface area contributed by atoms with Gasteiger partial charge in [-0.15, -0.1) is 0 Å². The second kappa shape index (κ2) is 8.66. The zero-order chi connectivity index (χ0) is 22.8. The molecular weight excluding hydrogens is 420 g/mol. The molecule has 31 heavy (non-hydrogen) atoms. The molecular formula is C22H28N2O6S. The first kappa shape index (κ1) is 22.7. The lowest BCUT2D eigenvalue weighted by molar-refractivity contribution is -0.120. The number of rotatable bonds is 7. The van der Waals surface area contributed by atoms with Gasteiger partial charge in [-0.05, 0) is 38.1 Å². The Bertz CT molecular complexity index is 1070. The van der Waals surface area contributed by atoms with Crippen molar-refractivity contribution in [2.75, 3.05) is 31.3 Å². The number of anilines is 1. The summed E-state index contributed by atoms with van der Waals surface area (Å²) in [6, 6.07) is 11.8. The van der Waals surface area contributed by atoms with Gasteiger partial charge in [-0.25, -0.2) is 8.42 Å². The van der Waals surface area contributed by atoms with E-state index < -0.39 is 21.5 Å². The van der Waals surface area contributed by atoms with Crippen LogP contribution in [0, 0.1) is 0 Å². The van der Waals surface area contributed by atoms with Crippen molar-refractivity contribution in [2.24, 2.45) is 0 Å². The molecule has 8 nitrogen and oxygen atoms in total. The number of hydrogen-bond donors (Lipinski definition) is 1. The molecule has 0 spiro atoms. The minimum absolute atomic E-state index is 0.306. The molecule has 168 valence electrons. The minimum Gasteiger partial charge on any atom is -0.497 e. The Morgan fingerprint density at radius 1 is 1.19 bits per heavy atom. The summed E-state index contributed by atoms with van der Waals surface area (Å²) in [6.07, 6.45) is 1.59. The van der Waals surface area contributed by atoms with E-state index in [0.29, 0.717) is 29.4 Å². The molecule has 0 saturated carbocycles. The molecule has 0 saturated heterocycles. The van der Waals surface area contributed by atoms with Crippen molar-refractivity contribution in [3.63, 3.8) is 0 Å². The summed E-state index contributed by atoms with van der Waals surface area (Å²) in [5.41, 5.74) is 0.605. The number of ether oxygens (including phenoxy) is 3. The number of fused-ring (bicyclic) bond motifs is 1. The molecule has 1 amide bonds. The van der Waals surface area contributed by atoms with E-state index in [1.807, 2.05) is 19.9 Å². The molecule has 3 rings (SSSR count). The largest absolute Gasteiger partial charge is 0.497 e. The second-order valence-corrected chi connectivity index (χ2v) is 9.94. The Morgan fingerprint density at radius 2 is 1.90 bits per heavy atom. The molecule has 0 fully saturated rings. The average molecular weight is 449 g/mol. The van der Waals surface area contributed by atoms with E-state index >= 15 is 0 Å². The molecule has 0 bridgehead atoms. The number of carbonyl (C=O) groups excluding carboxylic acids is 1. The van der Waals surface area contributed by atoms with Gasteiger partial charge in [0, 0.05) is 18.1 Å². The Kier molecular flexibility index (Phi) is 6.35. The Hall–Kier alpha value is -2.94. The van der Waals surface area contributed by atoms with Gasteiger partial charge in [0.1, 0.15) is 29.4 Å². The molecule has 0 unspecified atom stereocenters. The van der Waals surface area contributed by atoms with Crippen molar-refractivity contribution < 1.29 is 27.4 Å². The number of carbonyl (C=O) groups is 1. The van der Waals surface area contributed by atoms with Crippen molar-refractivity contribution in [3.8, 4) is 17.2 Å². The summed E-state index contributed by atoms with van der Waals surface area (Å²) in [7, 11) is -0.698. The van der Waals surface area contributed by atoms with E-state index in [9.17, 15) is 13.2 Å². The molecule has 1 heterocycles. The van der Waals surface area contributed by atoms with E-state index in [0.717, 1.165) is 16.1 Å². The Labute approximate surface area is 183 Å². The van der Waals surface area contributed by atoms with Crippen LogP contribution in [0.5, 0.6) is 17.2 Å². The predicted octanol–water partition coefficient (Wildman–Crippen LogP) is 2.89. The SMILES string of the molecule is COc1ccc2c(c1)OC(C)(C)C[C@H]2NC(=O)CN(c1ccccc1OC)S(C)(=O)=O. The van der Waals surface area contributed by atoms with Crippen molar-refractivity contribution in [1.29, 1.82) is 0 Å². The third-order valence-corrected chi connectivity index (χ3v) is 6.18. The van der Waals surface area contributed by atoms with E-state index in [4.69, 9.17) is 14.2 Å². The first-order valence-electron chi connectivity index (χ1n) is 9.81. The van der Waals surface area contributed by atoms with Crippen LogP contribution in [0.4, 0.5) is 5.69 Å². The molecule has 2 aromatic carbocycles. The molecule has 1 atom stereocenters. The van der Waals surface area contributed by atoms with Gasteiger partial charge in [0.05, 0.1) is 32.2 Å². The van der Waals surface area contributed by atoms with Crippen LogP contribution in [0.3, 0.4) is 0 Å². The normalized spacial score (nSPS) is 17.1. The van der Waals surface area contributed by atoms with Crippen molar-refractivity contribution in [1.82, 2.24) is 5.32 Å². The summed E-state index contributed by atoms with van der Waals surface area (Å²) in [5, 5.41) is 2.97. The number of nitrogens with zero attached hydrogens (tertiary/aromatic N) is 1. The summed E-state index contributed by atoms with van der Waals surface area (Å²) in [6.45, 7) is 3.50. The lowest BCUT2D eigenvalue weighted by Gasteiger charge is -2.38. The van der Waals surface area contributed by atoms with Crippen LogP contribution in [-0.2, 0) is 14.8 Å². The molecule has 9 heteroatoms. The summed E-state index contributed by atoms with van der Waals surface area (Å²) in [4.78, 5) is 13.0. The fourth-order valence-corrected chi connectivity index (χ4v) is 4.53. The lowest BCUT2D eigenvalue weighted by Crippen LogP contribution is -2.45. The van der Waals surface area contributed by atoms with Crippen LogP contribution in [-0.4, -0.2) is 46.9 Å². The number of para-hydroxylation sites is 2. The fraction of sp³-hybridized carbons (Fsp3) is 0.409. The van der Waals surface area contributed by atoms with Crippen LogP contribution in [0.1, 0.15) is 31.9 Å². The van der Waals surface area contributed by atoms with Gasteiger partial charge in [-0.3, -0.25) is 9.10 Å². The van der Waals surface area contributed by atoms with Crippen molar-refractivity contribution in [3.05, 3.63) is 48.0 Å². The zero-order valence-corrected chi connectivity index (χ0v) is 19.2. The van der Waals surface area contributed by atoms with Gasteiger partial charge in [0.15, 0.2) is 0 Å². The molecule has 1 aliphatic rings. The average Bonchev–Trinajstić information content (AvgIpc) is 2.69. The van der Waals surface area contributed by atoms with Gasteiger partial charge in [-0.1, -0.05) is 12.1 Å². The molecule has 0 aliphatic carbocycles. The van der Waals surface area contributed by atoms with E-state index in [-0.39, 0.29) is 12.6 Å². The van der Waals surface area contributed by atoms with Gasteiger partial charge in [0.25, 0.3) is 0 Å².